The van der Waals surface area contributed by atoms with Crippen molar-refractivity contribution in [1.29, 1.82) is 0 Å². The number of halogens is 1. The predicted molar refractivity (Wildman–Crippen MR) is 62.4 cm³/mol. The van der Waals surface area contributed by atoms with E-state index in [2.05, 4.69) is 0 Å². The molecule has 18 heavy (non-hydrogen) atoms. The van der Waals surface area contributed by atoms with Crippen LogP contribution in [0.25, 0.3) is 0 Å². The molecule has 1 aromatic rings. The highest BCUT2D eigenvalue weighted by Gasteiger charge is 2.23. The molecule has 0 spiro atoms. The van der Waals surface area contributed by atoms with Crippen LogP contribution in [0, 0.1) is 5.82 Å². The lowest BCUT2D eigenvalue weighted by atomic mass is 9.98. The standard InChI is InChI=1S/C11H15FN2O4/c12-7-4-8(14)6(11(17)18)3-5(7)10(16)9(15)1-2-13/h3-4,9-10,15-16H,1-2,13-14H2,(H,17,18). The Bertz CT molecular complexity index is 453. The summed E-state index contributed by atoms with van der Waals surface area (Å²) in [6.07, 6.45) is -2.75. The highest BCUT2D eigenvalue weighted by Crippen LogP contribution is 2.26. The van der Waals surface area contributed by atoms with Crippen LogP contribution in [0.5, 0.6) is 0 Å². The Kier molecular flexibility index (Phi) is 4.60. The zero-order valence-electron chi connectivity index (χ0n) is 9.51. The average Bonchev–Trinajstić information content (AvgIpc) is 2.28. The van der Waals surface area contributed by atoms with Crippen LogP contribution >= 0.6 is 0 Å². The summed E-state index contributed by atoms with van der Waals surface area (Å²) in [7, 11) is 0. The molecule has 0 radical (unpaired) electrons. The van der Waals surface area contributed by atoms with Crippen molar-refractivity contribution in [2.45, 2.75) is 18.6 Å². The van der Waals surface area contributed by atoms with Gasteiger partial charge in [-0.1, -0.05) is 0 Å². The summed E-state index contributed by atoms with van der Waals surface area (Å²) in [6.45, 7) is 0.112. The Balaban J connectivity index is 3.15. The lowest BCUT2D eigenvalue weighted by molar-refractivity contribution is 0.0129. The average molecular weight is 258 g/mol. The summed E-state index contributed by atoms with van der Waals surface area (Å²) in [5, 5.41) is 28.1. The fourth-order valence-electron chi connectivity index (χ4n) is 1.55. The quantitative estimate of drug-likeness (QED) is 0.467. The molecule has 1 aromatic carbocycles. The zero-order valence-corrected chi connectivity index (χ0v) is 9.51. The van der Waals surface area contributed by atoms with Gasteiger partial charge in [0.2, 0.25) is 0 Å². The van der Waals surface area contributed by atoms with E-state index >= 15 is 0 Å². The van der Waals surface area contributed by atoms with Crippen LogP contribution in [0.15, 0.2) is 12.1 Å². The first-order chi connectivity index (χ1) is 8.38. The van der Waals surface area contributed by atoms with E-state index in [1.165, 1.54) is 0 Å². The van der Waals surface area contributed by atoms with Crippen LogP contribution < -0.4 is 11.5 Å². The van der Waals surface area contributed by atoms with E-state index in [0.29, 0.717) is 0 Å². The Hall–Kier alpha value is -1.70. The van der Waals surface area contributed by atoms with Crippen molar-refractivity contribution >= 4 is 11.7 Å². The number of nitrogen functional groups attached to an aromatic ring is 1. The first-order valence-electron chi connectivity index (χ1n) is 5.26. The molecule has 0 bridgehead atoms. The molecule has 0 amide bonds. The van der Waals surface area contributed by atoms with Gasteiger partial charge in [0.05, 0.1) is 11.7 Å². The molecule has 1 rings (SSSR count). The van der Waals surface area contributed by atoms with Gasteiger partial charge in [0.15, 0.2) is 0 Å². The Morgan fingerprint density at radius 3 is 2.50 bits per heavy atom. The van der Waals surface area contributed by atoms with E-state index in [4.69, 9.17) is 16.6 Å². The number of aliphatic hydroxyl groups excluding tert-OH is 2. The van der Waals surface area contributed by atoms with Crippen molar-refractivity contribution in [3.8, 4) is 0 Å². The number of benzene rings is 1. The van der Waals surface area contributed by atoms with Gasteiger partial charge in [0.1, 0.15) is 11.9 Å². The largest absolute Gasteiger partial charge is 0.478 e. The molecule has 2 atom stereocenters. The van der Waals surface area contributed by atoms with Gasteiger partial charge in [0, 0.05) is 11.3 Å². The van der Waals surface area contributed by atoms with Gasteiger partial charge in [-0.15, -0.1) is 0 Å². The molecular formula is C11H15FN2O4. The molecule has 0 heterocycles. The van der Waals surface area contributed by atoms with Gasteiger partial charge in [0.25, 0.3) is 0 Å². The summed E-state index contributed by atoms with van der Waals surface area (Å²) in [4.78, 5) is 10.8. The molecule has 100 valence electrons. The second-order valence-corrected chi connectivity index (χ2v) is 3.86. The third-order valence-corrected chi connectivity index (χ3v) is 2.54. The zero-order chi connectivity index (χ0) is 13.9. The van der Waals surface area contributed by atoms with Gasteiger partial charge < -0.3 is 26.8 Å². The van der Waals surface area contributed by atoms with E-state index in [9.17, 15) is 19.4 Å². The molecule has 0 aliphatic heterocycles. The number of aliphatic hydroxyl groups is 2. The van der Waals surface area contributed by atoms with Crippen molar-refractivity contribution in [3.63, 3.8) is 0 Å². The minimum Gasteiger partial charge on any atom is -0.478 e. The molecule has 0 fully saturated rings. The Labute approximate surface area is 103 Å². The van der Waals surface area contributed by atoms with Crippen LogP contribution in [0.4, 0.5) is 10.1 Å². The van der Waals surface area contributed by atoms with Crippen molar-refractivity contribution in [2.24, 2.45) is 5.73 Å². The fraction of sp³-hybridized carbons (Fsp3) is 0.364. The summed E-state index contributed by atoms with van der Waals surface area (Å²) < 4.78 is 13.6. The van der Waals surface area contributed by atoms with Gasteiger partial charge in [-0.3, -0.25) is 0 Å². The number of aromatic carboxylic acids is 1. The molecule has 0 aromatic heterocycles. The van der Waals surface area contributed by atoms with Gasteiger partial charge >= 0.3 is 5.97 Å². The summed E-state index contributed by atoms with van der Waals surface area (Å²) in [6, 6.07) is 1.72. The maximum Gasteiger partial charge on any atom is 0.337 e. The normalized spacial score (nSPS) is 14.2. The number of anilines is 1. The van der Waals surface area contributed by atoms with Gasteiger partial charge in [-0.25, -0.2) is 9.18 Å². The topological polar surface area (TPSA) is 130 Å². The van der Waals surface area contributed by atoms with Crippen molar-refractivity contribution in [1.82, 2.24) is 0 Å². The molecule has 7 heteroatoms. The van der Waals surface area contributed by atoms with E-state index < -0.39 is 24.0 Å². The maximum atomic E-state index is 13.6. The Morgan fingerprint density at radius 2 is 2.00 bits per heavy atom. The minimum absolute atomic E-state index is 0.0629. The second-order valence-electron chi connectivity index (χ2n) is 3.86. The summed E-state index contributed by atoms with van der Waals surface area (Å²) in [5.41, 5.74) is 9.66. The molecule has 2 unspecified atom stereocenters. The van der Waals surface area contributed by atoms with Crippen LogP contribution in [0.2, 0.25) is 0 Å². The minimum atomic E-state index is -1.55. The first kappa shape index (κ1) is 14.4. The second kappa shape index (κ2) is 5.76. The third-order valence-electron chi connectivity index (χ3n) is 2.54. The lowest BCUT2D eigenvalue weighted by Gasteiger charge is -2.19. The monoisotopic (exact) mass is 258 g/mol. The number of carboxylic acids is 1. The number of carbonyl (C=O) groups is 1. The van der Waals surface area contributed by atoms with Gasteiger partial charge in [-0.05, 0) is 25.1 Å². The van der Waals surface area contributed by atoms with E-state index in [0.717, 1.165) is 12.1 Å². The number of hydrogen-bond acceptors (Lipinski definition) is 5. The maximum absolute atomic E-state index is 13.6. The van der Waals surface area contributed by atoms with Crippen LogP contribution in [-0.2, 0) is 0 Å². The predicted octanol–water partition coefficient (Wildman–Crippen LogP) is -0.151. The molecule has 0 aliphatic rings. The molecule has 0 saturated heterocycles. The molecular weight excluding hydrogens is 243 g/mol. The Morgan fingerprint density at radius 1 is 1.39 bits per heavy atom. The number of nitrogens with two attached hydrogens (primary N) is 2. The van der Waals surface area contributed by atoms with E-state index in [-0.39, 0.29) is 29.8 Å². The fourth-order valence-corrected chi connectivity index (χ4v) is 1.55. The summed E-state index contributed by atoms with van der Waals surface area (Å²) in [5.74, 6) is -2.21. The van der Waals surface area contributed by atoms with Crippen molar-refractivity contribution < 1.29 is 24.5 Å². The van der Waals surface area contributed by atoms with Crippen LogP contribution in [0.3, 0.4) is 0 Å². The van der Waals surface area contributed by atoms with Gasteiger partial charge in [-0.2, -0.15) is 0 Å². The molecule has 0 saturated carbocycles. The highest BCUT2D eigenvalue weighted by atomic mass is 19.1. The third kappa shape index (κ3) is 2.95. The van der Waals surface area contributed by atoms with Crippen LogP contribution in [0.1, 0.15) is 28.4 Å². The highest BCUT2D eigenvalue weighted by molar-refractivity contribution is 5.93. The van der Waals surface area contributed by atoms with Crippen molar-refractivity contribution in [2.75, 3.05) is 12.3 Å². The smallest absolute Gasteiger partial charge is 0.337 e. The number of rotatable bonds is 5. The number of carboxylic acid groups (broad SMARTS) is 1. The summed E-state index contributed by atoms with van der Waals surface area (Å²) >= 11 is 0. The number of hydrogen-bond donors (Lipinski definition) is 5. The first-order valence-corrected chi connectivity index (χ1v) is 5.26. The molecule has 6 nitrogen and oxygen atoms in total. The lowest BCUT2D eigenvalue weighted by Crippen LogP contribution is -2.23. The molecule has 7 N–H and O–H groups in total. The van der Waals surface area contributed by atoms with Crippen molar-refractivity contribution in [3.05, 3.63) is 29.1 Å². The SMILES string of the molecule is NCCC(O)C(O)c1cc(C(=O)O)c(N)cc1F. The van der Waals surface area contributed by atoms with Crippen LogP contribution in [-0.4, -0.2) is 33.9 Å². The van der Waals surface area contributed by atoms with E-state index in [1.54, 1.807) is 0 Å². The van der Waals surface area contributed by atoms with E-state index in [1.807, 2.05) is 0 Å². The molecule has 0 aliphatic carbocycles.